The van der Waals surface area contributed by atoms with E-state index in [9.17, 15) is 4.79 Å². The molecule has 1 aliphatic rings. The fourth-order valence-electron chi connectivity index (χ4n) is 4.21. The maximum Gasteiger partial charge on any atom is 0.262 e. The zero-order valence-electron chi connectivity index (χ0n) is 19.6. The maximum atomic E-state index is 13.6. The van der Waals surface area contributed by atoms with Crippen molar-refractivity contribution in [3.05, 3.63) is 118 Å². The van der Waals surface area contributed by atoms with Crippen LogP contribution >= 0.6 is 23.2 Å². The lowest BCUT2D eigenvalue weighted by molar-refractivity contribution is 0.0975. The van der Waals surface area contributed by atoms with Crippen molar-refractivity contribution < 1.29 is 14.3 Å². The Morgan fingerprint density at radius 3 is 2.39 bits per heavy atom. The summed E-state index contributed by atoms with van der Waals surface area (Å²) in [5.74, 6) is 1.12. The first-order valence-electron chi connectivity index (χ1n) is 11.6. The van der Waals surface area contributed by atoms with Crippen molar-refractivity contribution in [3.63, 3.8) is 0 Å². The van der Waals surface area contributed by atoms with Crippen LogP contribution in [0.15, 0.2) is 91.0 Å². The molecule has 5 rings (SSSR count). The molecule has 7 heteroatoms. The largest absolute Gasteiger partial charge is 0.490 e. The van der Waals surface area contributed by atoms with E-state index in [-0.39, 0.29) is 5.91 Å². The Balaban J connectivity index is 1.49. The summed E-state index contributed by atoms with van der Waals surface area (Å²) in [5.41, 5.74) is 3.98. The third kappa shape index (κ3) is 4.85. The van der Waals surface area contributed by atoms with Gasteiger partial charge in [-0.2, -0.15) is 0 Å². The molecule has 182 valence electrons. The third-order valence-electron chi connectivity index (χ3n) is 5.92. The van der Waals surface area contributed by atoms with Gasteiger partial charge in [-0.25, -0.2) is 0 Å². The van der Waals surface area contributed by atoms with Crippen molar-refractivity contribution in [2.24, 2.45) is 0 Å². The van der Waals surface area contributed by atoms with E-state index in [1.54, 1.807) is 17.0 Å². The van der Waals surface area contributed by atoms with Crippen LogP contribution in [0.3, 0.4) is 0 Å². The number of hydrogen-bond donors (Lipinski definition) is 1. The third-order valence-corrected chi connectivity index (χ3v) is 6.66. The highest BCUT2D eigenvalue weighted by atomic mass is 35.5. The van der Waals surface area contributed by atoms with Gasteiger partial charge in [-0.1, -0.05) is 65.7 Å². The monoisotopic (exact) mass is 518 g/mol. The van der Waals surface area contributed by atoms with E-state index in [2.05, 4.69) is 5.32 Å². The molecule has 4 aromatic carbocycles. The predicted octanol–water partition coefficient (Wildman–Crippen LogP) is 7.74. The molecule has 1 atom stereocenters. The number of hydrogen-bond acceptors (Lipinski definition) is 4. The Bertz CT molecular complexity index is 1390. The predicted molar refractivity (Wildman–Crippen MR) is 144 cm³/mol. The molecule has 1 amide bonds. The lowest BCUT2D eigenvalue weighted by Gasteiger charge is -2.38. The van der Waals surface area contributed by atoms with E-state index in [4.69, 9.17) is 32.7 Å². The van der Waals surface area contributed by atoms with Crippen molar-refractivity contribution >= 4 is 40.5 Å². The minimum absolute atomic E-state index is 0.0709. The molecule has 0 spiro atoms. The molecule has 0 radical (unpaired) electrons. The zero-order valence-corrected chi connectivity index (χ0v) is 21.1. The minimum Gasteiger partial charge on any atom is -0.490 e. The molecule has 5 nitrogen and oxygen atoms in total. The molecular weight excluding hydrogens is 495 g/mol. The molecule has 1 aliphatic heterocycles. The molecule has 0 fully saturated rings. The van der Waals surface area contributed by atoms with Gasteiger partial charge in [0.15, 0.2) is 11.5 Å². The fraction of sp³-hybridized carbons (Fsp3) is 0.138. The van der Waals surface area contributed by atoms with Gasteiger partial charge in [0.05, 0.1) is 22.2 Å². The Kier molecular flexibility index (Phi) is 7.03. The molecule has 0 saturated carbocycles. The first kappa shape index (κ1) is 24.0. The highest BCUT2D eigenvalue weighted by Crippen LogP contribution is 2.39. The van der Waals surface area contributed by atoms with Gasteiger partial charge >= 0.3 is 0 Å². The van der Waals surface area contributed by atoms with E-state index in [0.29, 0.717) is 40.3 Å². The molecule has 1 N–H and O–H groups in total. The van der Waals surface area contributed by atoms with Gasteiger partial charge in [-0.3, -0.25) is 9.69 Å². The van der Waals surface area contributed by atoms with Gasteiger partial charge in [0.1, 0.15) is 12.8 Å². The van der Waals surface area contributed by atoms with Crippen molar-refractivity contribution in [2.45, 2.75) is 19.7 Å². The second-order valence-electron chi connectivity index (χ2n) is 8.28. The van der Waals surface area contributed by atoms with Crippen LogP contribution in [0.1, 0.15) is 34.6 Å². The molecule has 0 saturated heterocycles. The van der Waals surface area contributed by atoms with Crippen LogP contribution in [0, 0.1) is 0 Å². The summed E-state index contributed by atoms with van der Waals surface area (Å²) < 4.78 is 12.0. The lowest BCUT2D eigenvalue weighted by Crippen LogP contribution is -2.43. The Labute approximate surface area is 220 Å². The summed E-state index contributed by atoms with van der Waals surface area (Å²) in [6, 6.07) is 28.3. The normalized spacial score (nSPS) is 14.7. The SMILES string of the molecule is CCOc1cc(C2Nc3ccccc3C(=O)N2c2ccccc2)ccc1OCc1ccc(Cl)c(Cl)c1. The van der Waals surface area contributed by atoms with E-state index in [1.807, 2.05) is 85.8 Å². The van der Waals surface area contributed by atoms with Gasteiger partial charge in [-0.15, -0.1) is 0 Å². The van der Waals surface area contributed by atoms with Gasteiger partial charge in [0.2, 0.25) is 0 Å². The number of ether oxygens (including phenoxy) is 2. The minimum atomic E-state index is -0.432. The molecule has 0 aliphatic carbocycles. The van der Waals surface area contributed by atoms with Gasteiger partial charge in [-0.05, 0) is 66.6 Å². The number of rotatable bonds is 7. The van der Waals surface area contributed by atoms with Crippen LogP contribution in [0.4, 0.5) is 11.4 Å². The van der Waals surface area contributed by atoms with Crippen molar-refractivity contribution in [1.29, 1.82) is 0 Å². The van der Waals surface area contributed by atoms with E-state index < -0.39 is 6.17 Å². The number of benzene rings is 4. The van der Waals surface area contributed by atoms with Gasteiger partial charge < -0.3 is 14.8 Å². The molecule has 1 heterocycles. The summed E-state index contributed by atoms with van der Waals surface area (Å²) in [6.45, 7) is 2.69. The standard InChI is InChI=1S/C29H24Cl2N2O3/c1-2-35-27-17-20(13-15-26(27)36-18-19-12-14-23(30)24(31)16-19)28-32-25-11-7-6-10-22(25)29(34)33(28)21-8-4-3-5-9-21/h3-17,28,32H,2,18H2,1H3. The van der Waals surface area contributed by atoms with Gasteiger partial charge in [0.25, 0.3) is 5.91 Å². The van der Waals surface area contributed by atoms with E-state index in [0.717, 1.165) is 22.5 Å². The Hall–Kier alpha value is -3.67. The number of nitrogens with zero attached hydrogens (tertiary/aromatic N) is 1. The molecule has 36 heavy (non-hydrogen) atoms. The van der Waals surface area contributed by atoms with Crippen molar-refractivity contribution in [3.8, 4) is 11.5 Å². The molecule has 1 unspecified atom stereocenters. The summed E-state index contributed by atoms with van der Waals surface area (Å²) in [4.78, 5) is 15.4. The highest BCUT2D eigenvalue weighted by molar-refractivity contribution is 6.42. The van der Waals surface area contributed by atoms with Crippen LogP contribution in [0.5, 0.6) is 11.5 Å². The number of fused-ring (bicyclic) bond motifs is 1. The first-order valence-corrected chi connectivity index (χ1v) is 12.4. The number of halogens is 2. The maximum absolute atomic E-state index is 13.6. The quantitative estimate of drug-likeness (QED) is 0.271. The molecule has 0 aromatic heterocycles. The number of carbonyl (C=O) groups is 1. The summed E-state index contributed by atoms with van der Waals surface area (Å²) in [7, 11) is 0. The number of amides is 1. The molecule has 0 bridgehead atoms. The first-order chi connectivity index (χ1) is 17.5. The molecular formula is C29H24Cl2N2O3. The number of para-hydroxylation sites is 2. The second-order valence-corrected chi connectivity index (χ2v) is 9.09. The van der Waals surface area contributed by atoms with Crippen molar-refractivity contribution in [1.82, 2.24) is 0 Å². The summed E-state index contributed by atoms with van der Waals surface area (Å²) in [6.07, 6.45) is -0.432. The average molecular weight is 519 g/mol. The van der Waals surface area contributed by atoms with Crippen LogP contribution in [-0.4, -0.2) is 12.5 Å². The van der Waals surface area contributed by atoms with Crippen LogP contribution < -0.4 is 19.7 Å². The smallest absolute Gasteiger partial charge is 0.262 e. The Morgan fingerprint density at radius 2 is 1.61 bits per heavy atom. The van der Waals surface area contributed by atoms with E-state index >= 15 is 0 Å². The number of anilines is 2. The summed E-state index contributed by atoms with van der Waals surface area (Å²) >= 11 is 12.2. The van der Waals surface area contributed by atoms with Crippen LogP contribution in [0.25, 0.3) is 0 Å². The van der Waals surface area contributed by atoms with E-state index in [1.165, 1.54) is 0 Å². The van der Waals surface area contributed by atoms with Gasteiger partial charge in [0, 0.05) is 11.4 Å². The summed E-state index contributed by atoms with van der Waals surface area (Å²) in [5, 5.41) is 4.51. The number of nitrogens with one attached hydrogen (secondary N) is 1. The Morgan fingerprint density at radius 1 is 0.833 bits per heavy atom. The van der Waals surface area contributed by atoms with Crippen LogP contribution in [-0.2, 0) is 6.61 Å². The topological polar surface area (TPSA) is 50.8 Å². The van der Waals surface area contributed by atoms with Crippen LogP contribution in [0.2, 0.25) is 10.0 Å². The zero-order chi connectivity index (χ0) is 25.1. The number of carbonyl (C=O) groups excluding carboxylic acids is 1. The fourth-order valence-corrected chi connectivity index (χ4v) is 4.54. The average Bonchev–Trinajstić information content (AvgIpc) is 2.90. The highest BCUT2D eigenvalue weighted by Gasteiger charge is 2.34. The molecule has 4 aromatic rings. The second kappa shape index (κ2) is 10.5. The van der Waals surface area contributed by atoms with Crippen molar-refractivity contribution in [2.75, 3.05) is 16.8 Å². The lowest BCUT2D eigenvalue weighted by atomic mass is 10.0.